The Morgan fingerprint density at radius 2 is 2.29 bits per heavy atom. The van der Waals surface area contributed by atoms with Gasteiger partial charge in [0.2, 0.25) is 0 Å². The summed E-state index contributed by atoms with van der Waals surface area (Å²) in [6.07, 6.45) is 0. The predicted molar refractivity (Wildman–Crippen MR) is 52.2 cm³/mol. The van der Waals surface area contributed by atoms with Crippen molar-refractivity contribution in [1.29, 1.82) is 0 Å². The highest BCUT2D eigenvalue weighted by atomic mass is 19.1. The van der Waals surface area contributed by atoms with Crippen molar-refractivity contribution in [2.45, 2.75) is 13.0 Å². The van der Waals surface area contributed by atoms with E-state index in [4.69, 9.17) is 10.5 Å². The highest BCUT2D eigenvalue weighted by Crippen LogP contribution is 2.28. The average Bonchev–Trinajstić information content (AvgIpc) is 2.20. The van der Waals surface area contributed by atoms with E-state index in [1.807, 2.05) is 0 Å². The van der Waals surface area contributed by atoms with Crippen molar-refractivity contribution < 1.29 is 14.2 Å². The SMILES string of the molecule is CCOc1cc([C@H](N)CF)ccc1O. The van der Waals surface area contributed by atoms with Crippen LogP contribution in [0.5, 0.6) is 11.5 Å². The van der Waals surface area contributed by atoms with Crippen LogP contribution in [0.4, 0.5) is 4.39 Å². The third kappa shape index (κ3) is 2.35. The molecule has 3 nitrogen and oxygen atoms in total. The van der Waals surface area contributed by atoms with E-state index in [1.54, 1.807) is 19.1 Å². The van der Waals surface area contributed by atoms with Gasteiger partial charge in [-0.25, -0.2) is 4.39 Å². The van der Waals surface area contributed by atoms with E-state index < -0.39 is 12.7 Å². The van der Waals surface area contributed by atoms with Gasteiger partial charge in [0.05, 0.1) is 12.6 Å². The van der Waals surface area contributed by atoms with Crippen LogP contribution in [0, 0.1) is 0 Å². The Bertz CT molecular complexity index is 304. The zero-order chi connectivity index (χ0) is 10.6. The minimum atomic E-state index is -0.658. The van der Waals surface area contributed by atoms with Crippen LogP contribution in [0.2, 0.25) is 0 Å². The molecule has 0 saturated heterocycles. The van der Waals surface area contributed by atoms with E-state index in [2.05, 4.69) is 0 Å². The predicted octanol–water partition coefficient (Wildman–Crippen LogP) is 1.76. The maximum Gasteiger partial charge on any atom is 0.161 e. The van der Waals surface area contributed by atoms with Crippen LogP contribution in [0.25, 0.3) is 0 Å². The van der Waals surface area contributed by atoms with E-state index in [0.717, 1.165) is 0 Å². The Morgan fingerprint density at radius 3 is 2.86 bits per heavy atom. The molecule has 0 amide bonds. The first kappa shape index (κ1) is 10.8. The Kier molecular flexibility index (Phi) is 3.71. The maximum absolute atomic E-state index is 12.3. The topological polar surface area (TPSA) is 55.5 Å². The molecule has 0 spiro atoms. The van der Waals surface area contributed by atoms with Crippen molar-refractivity contribution in [1.82, 2.24) is 0 Å². The molecule has 0 radical (unpaired) electrons. The van der Waals surface area contributed by atoms with Gasteiger partial charge in [-0.05, 0) is 24.6 Å². The summed E-state index contributed by atoms with van der Waals surface area (Å²) in [6.45, 7) is 1.62. The second kappa shape index (κ2) is 4.81. The van der Waals surface area contributed by atoms with Crippen molar-refractivity contribution >= 4 is 0 Å². The highest BCUT2D eigenvalue weighted by molar-refractivity contribution is 5.42. The van der Waals surface area contributed by atoms with Crippen LogP contribution in [0.15, 0.2) is 18.2 Å². The van der Waals surface area contributed by atoms with E-state index in [0.29, 0.717) is 17.9 Å². The number of aromatic hydroxyl groups is 1. The summed E-state index contributed by atoms with van der Waals surface area (Å²) in [4.78, 5) is 0. The van der Waals surface area contributed by atoms with Crippen LogP contribution in [-0.4, -0.2) is 18.4 Å². The highest BCUT2D eigenvalue weighted by Gasteiger charge is 2.09. The number of hydrogen-bond acceptors (Lipinski definition) is 3. The average molecular weight is 199 g/mol. The van der Waals surface area contributed by atoms with Crippen LogP contribution in [0.1, 0.15) is 18.5 Å². The van der Waals surface area contributed by atoms with E-state index in [9.17, 15) is 9.50 Å². The molecule has 78 valence electrons. The first-order valence-corrected chi connectivity index (χ1v) is 4.46. The van der Waals surface area contributed by atoms with Gasteiger partial charge < -0.3 is 15.6 Å². The summed E-state index contributed by atoms with van der Waals surface area (Å²) in [5, 5.41) is 9.36. The standard InChI is InChI=1S/C10H14FNO2/c1-2-14-10-5-7(8(12)6-11)3-4-9(10)13/h3-5,8,13H,2,6,12H2,1H3/t8-/m1/s1. The lowest BCUT2D eigenvalue weighted by atomic mass is 10.1. The zero-order valence-corrected chi connectivity index (χ0v) is 8.03. The summed E-state index contributed by atoms with van der Waals surface area (Å²) in [5.41, 5.74) is 6.12. The monoisotopic (exact) mass is 199 g/mol. The number of alkyl halides is 1. The molecular formula is C10H14FNO2. The molecule has 0 fully saturated rings. The van der Waals surface area contributed by atoms with Crippen molar-refractivity contribution in [3.05, 3.63) is 23.8 Å². The lowest BCUT2D eigenvalue weighted by Crippen LogP contribution is -2.12. The minimum absolute atomic E-state index is 0.0432. The number of hydrogen-bond donors (Lipinski definition) is 2. The van der Waals surface area contributed by atoms with Gasteiger partial charge in [0.1, 0.15) is 6.67 Å². The van der Waals surface area contributed by atoms with Crippen molar-refractivity contribution in [2.75, 3.05) is 13.3 Å². The fourth-order valence-corrected chi connectivity index (χ4v) is 1.12. The molecule has 0 aliphatic rings. The fourth-order valence-electron chi connectivity index (χ4n) is 1.12. The van der Waals surface area contributed by atoms with Crippen molar-refractivity contribution in [3.8, 4) is 11.5 Å². The van der Waals surface area contributed by atoms with E-state index >= 15 is 0 Å². The molecule has 0 aliphatic carbocycles. The molecule has 14 heavy (non-hydrogen) atoms. The van der Waals surface area contributed by atoms with Gasteiger partial charge in [0.15, 0.2) is 11.5 Å². The number of benzene rings is 1. The summed E-state index contributed by atoms with van der Waals surface area (Å²) in [5.74, 6) is 0.385. The summed E-state index contributed by atoms with van der Waals surface area (Å²) in [6, 6.07) is 3.94. The van der Waals surface area contributed by atoms with Gasteiger partial charge in [-0.1, -0.05) is 6.07 Å². The largest absolute Gasteiger partial charge is 0.504 e. The van der Waals surface area contributed by atoms with Gasteiger partial charge in [-0.2, -0.15) is 0 Å². The van der Waals surface area contributed by atoms with Crippen molar-refractivity contribution in [3.63, 3.8) is 0 Å². The maximum atomic E-state index is 12.3. The number of phenolic OH excluding ortho intramolecular Hbond substituents is 1. The fraction of sp³-hybridized carbons (Fsp3) is 0.400. The van der Waals surface area contributed by atoms with Crippen LogP contribution >= 0.6 is 0 Å². The Hall–Kier alpha value is -1.29. The molecule has 0 unspecified atom stereocenters. The number of nitrogens with two attached hydrogens (primary N) is 1. The molecule has 0 heterocycles. The van der Waals surface area contributed by atoms with Crippen molar-refractivity contribution in [2.24, 2.45) is 5.73 Å². The van der Waals surface area contributed by atoms with Crippen LogP contribution < -0.4 is 10.5 Å². The third-order valence-electron chi connectivity index (χ3n) is 1.88. The van der Waals surface area contributed by atoms with Crippen LogP contribution in [-0.2, 0) is 0 Å². The Labute approximate surface area is 82.3 Å². The Morgan fingerprint density at radius 1 is 1.57 bits per heavy atom. The van der Waals surface area contributed by atoms with Crippen LogP contribution in [0.3, 0.4) is 0 Å². The quantitative estimate of drug-likeness (QED) is 0.776. The van der Waals surface area contributed by atoms with Gasteiger partial charge in [0, 0.05) is 0 Å². The summed E-state index contributed by atoms with van der Waals surface area (Å²) in [7, 11) is 0. The summed E-state index contributed by atoms with van der Waals surface area (Å²) < 4.78 is 17.4. The number of phenols is 1. The molecule has 0 saturated carbocycles. The van der Waals surface area contributed by atoms with E-state index in [1.165, 1.54) is 6.07 Å². The first-order chi connectivity index (χ1) is 6.69. The van der Waals surface area contributed by atoms with Gasteiger partial charge in [0.25, 0.3) is 0 Å². The molecular weight excluding hydrogens is 185 g/mol. The molecule has 0 aromatic heterocycles. The molecule has 1 aromatic carbocycles. The molecule has 1 aromatic rings. The Balaban J connectivity index is 2.93. The van der Waals surface area contributed by atoms with E-state index in [-0.39, 0.29) is 5.75 Å². The number of rotatable bonds is 4. The zero-order valence-electron chi connectivity index (χ0n) is 8.03. The van der Waals surface area contributed by atoms with Gasteiger partial charge >= 0.3 is 0 Å². The molecule has 3 N–H and O–H groups in total. The normalized spacial score (nSPS) is 12.5. The van der Waals surface area contributed by atoms with Gasteiger partial charge in [-0.3, -0.25) is 0 Å². The summed E-state index contributed by atoms with van der Waals surface area (Å²) >= 11 is 0. The number of ether oxygens (including phenoxy) is 1. The second-order valence-electron chi connectivity index (χ2n) is 2.92. The number of halogens is 1. The lowest BCUT2D eigenvalue weighted by Gasteiger charge is -2.11. The minimum Gasteiger partial charge on any atom is -0.504 e. The first-order valence-electron chi connectivity index (χ1n) is 4.46. The van der Waals surface area contributed by atoms with Gasteiger partial charge in [-0.15, -0.1) is 0 Å². The molecule has 4 heteroatoms. The molecule has 1 rings (SSSR count). The molecule has 1 atom stereocenters. The third-order valence-corrected chi connectivity index (χ3v) is 1.88. The lowest BCUT2D eigenvalue weighted by molar-refractivity contribution is 0.317. The smallest absolute Gasteiger partial charge is 0.161 e. The molecule has 0 aliphatic heterocycles. The molecule has 0 bridgehead atoms. The second-order valence-corrected chi connectivity index (χ2v) is 2.92.